The fourth-order valence-electron chi connectivity index (χ4n) is 8.88. The topological polar surface area (TPSA) is 517 Å². The Morgan fingerprint density at radius 2 is 1.07 bits per heavy atom. The lowest BCUT2D eigenvalue weighted by atomic mass is 10.00. The van der Waals surface area contributed by atoms with E-state index in [2.05, 4.69) is 58.5 Å². The van der Waals surface area contributed by atoms with Crippen molar-refractivity contribution in [1.82, 2.24) is 58.5 Å². The molecular formula is C56H96N16O15. The largest absolute Gasteiger partial charge is 0.462 e. The Bertz CT molecular complexity index is 2440. The number of carbonyl (C=O) groups excluding carboxylic acids is 12. The maximum absolute atomic E-state index is 14.5. The molecule has 2 rings (SSSR count). The summed E-state index contributed by atoms with van der Waals surface area (Å²) in [6, 6.07) is -6.73. The molecule has 14 atom stereocenters. The number of hydrogen-bond acceptors (Lipinski definition) is 20. The minimum atomic E-state index is -1.78. The average Bonchev–Trinajstić information content (AvgIpc) is 3.67. The number of hydrogen-bond donors (Lipinski definition) is 18. The van der Waals surface area contributed by atoms with Crippen LogP contribution in [0.2, 0.25) is 0 Å². The van der Waals surface area contributed by atoms with Crippen molar-refractivity contribution in [2.75, 3.05) is 39.3 Å². The smallest absolute Gasteiger partial charge is 0.309 e. The number of nitrogens with two attached hydrogens (primary N) is 5. The molecule has 1 aromatic rings. The van der Waals surface area contributed by atoms with Crippen molar-refractivity contribution in [3.63, 3.8) is 0 Å². The third-order valence-electron chi connectivity index (χ3n) is 14.0. The number of aliphatic hydroxyl groups excluding tert-OH is 2. The summed E-state index contributed by atoms with van der Waals surface area (Å²) < 4.78 is 5.30. The van der Waals surface area contributed by atoms with E-state index in [0.717, 1.165) is 6.92 Å². The van der Waals surface area contributed by atoms with E-state index < -0.39 is 169 Å². The Kier molecular flexibility index (Phi) is 34.3. The Hall–Kier alpha value is -7.42. The van der Waals surface area contributed by atoms with Gasteiger partial charge in [0.15, 0.2) is 0 Å². The molecule has 23 N–H and O–H groups in total. The fourth-order valence-corrected chi connectivity index (χ4v) is 8.88. The minimum Gasteiger partial charge on any atom is -0.462 e. The molecule has 0 aliphatic carbocycles. The van der Waals surface area contributed by atoms with Gasteiger partial charge in [-0.3, -0.25) is 57.5 Å². The summed E-state index contributed by atoms with van der Waals surface area (Å²) in [4.78, 5) is 167. The first-order valence-electron chi connectivity index (χ1n) is 29.6. The van der Waals surface area contributed by atoms with E-state index in [9.17, 15) is 67.7 Å². The molecule has 490 valence electrons. The van der Waals surface area contributed by atoms with Gasteiger partial charge < -0.3 is 102 Å². The van der Waals surface area contributed by atoms with E-state index >= 15 is 0 Å². The van der Waals surface area contributed by atoms with Crippen LogP contribution in [-0.2, 0) is 68.7 Å². The van der Waals surface area contributed by atoms with E-state index in [0.29, 0.717) is 12.0 Å². The zero-order valence-corrected chi connectivity index (χ0v) is 50.9. The highest BCUT2D eigenvalue weighted by molar-refractivity contribution is 5.99. The third kappa shape index (κ3) is 26.6. The summed E-state index contributed by atoms with van der Waals surface area (Å²) in [5.41, 5.74) is 29.9. The van der Waals surface area contributed by atoms with Crippen molar-refractivity contribution in [2.24, 2.45) is 40.5 Å². The van der Waals surface area contributed by atoms with Crippen LogP contribution in [0.4, 0.5) is 0 Å². The Labute approximate surface area is 507 Å². The van der Waals surface area contributed by atoms with Crippen molar-refractivity contribution in [1.29, 1.82) is 0 Å². The molecule has 1 aliphatic rings. The molecule has 0 aromatic heterocycles. The van der Waals surface area contributed by atoms with Crippen LogP contribution < -0.4 is 87.2 Å². The molecule has 1 aromatic carbocycles. The number of benzene rings is 1. The Balaban J connectivity index is 2.68. The highest BCUT2D eigenvalue weighted by atomic mass is 16.5. The lowest BCUT2D eigenvalue weighted by Gasteiger charge is -2.29. The van der Waals surface area contributed by atoms with Crippen LogP contribution in [0.15, 0.2) is 30.3 Å². The number of ether oxygens (including phenoxy) is 1. The standard InChI is InChI=1S/C56H96N16O15/c1-8-31(5)87-56(86)30(4)27-43(75)63-35(14-20-57)50(80)72-45(33(7)74)55(85)68-38(17-23-60)47(77)67-40-19-25-62-54(84)44(32(6)73)71-51(81)39(18-24-61)65-46(76)36(15-21-58)66-52(82)41(26-29(2)3)69-53(83)42(28-34-12-10-9-11-13-34)70-48(78)37(16-22-59)64-49(40)79/h9-13,29-33,35-42,44-45,73-74H,8,14-28,57-61H2,1-7H3,(H,62,84)(H,63,75)(H,64,79)(H,65,76)(H,66,82)(H,67,77)(H,68,85)(H,69,83)(H,70,78)(H,71,81)(H,72,80)/t30?,31?,32?,33?,35-,36-,37-,38-,39-,40-,41-,42+,44-,45-/m0/s1. The predicted octanol–water partition coefficient (Wildman–Crippen LogP) is -6.48. The number of rotatable bonds is 28. The number of esters is 1. The molecule has 11 amide bonds. The quantitative estimate of drug-likeness (QED) is 0.0347. The van der Waals surface area contributed by atoms with Crippen LogP contribution in [0.3, 0.4) is 0 Å². The van der Waals surface area contributed by atoms with Gasteiger partial charge in [-0.1, -0.05) is 58.0 Å². The van der Waals surface area contributed by atoms with Gasteiger partial charge in [0.2, 0.25) is 65.0 Å². The van der Waals surface area contributed by atoms with Crippen LogP contribution >= 0.6 is 0 Å². The van der Waals surface area contributed by atoms with Gasteiger partial charge in [-0.25, -0.2) is 0 Å². The summed E-state index contributed by atoms with van der Waals surface area (Å²) in [6.07, 6.45) is -5.07. The number of aliphatic hydroxyl groups is 2. The minimum absolute atomic E-state index is 0.0333. The summed E-state index contributed by atoms with van der Waals surface area (Å²) in [6.45, 7) is 9.50. The molecule has 0 saturated carbocycles. The molecule has 0 radical (unpaired) electrons. The maximum atomic E-state index is 14.5. The van der Waals surface area contributed by atoms with Crippen LogP contribution in [0.25, 0.3) is 0 Å². The zero-order chi connectivity index (χ0) is 65.5. The zero-order valence-electron chi connectivity index (χ0n) is 50.9. The first-order valence-corrected chi connectivity index (χ1v) is 29.6. The molecule has 1 heterocycles. The molecule has 31 heteroatoms. The second-order valence-electron chi connectivity index (χ2n) is 22.0. The second-order valence-corrected chi connectivity index (χ2v) is 22.0. The predicted molar refractivity (Wildman–Crippen MR) is 318 cm³/mol. The second kappa shape index (κ2) is 39.4. The Morgan fingerprint density at radius 3 is 1.56 bits per heavy atom. The fraction of sp³-hybridized carbons (Fsp3) is 0.679. The van der Waals surface area contributed by atoms with E-state index in [1.807, 2.05) is 6.92 Å². The molecule has 1 aliphatic heterocycles. The van der Waals surface area contributed by atoms with Crippen LogP contribution in [-0.4, -0.2) is 199 Å². The van der Waals surface area contributed by atoms with Gasteiger partial charge in [0.1, 0.15) is 60.4 Å². The number of amides is 11. The summed E-state index contributed by atoms with van der Waals surface area (Å²) in [5.74, 6) is -12.1. The number of carbonyl (C=O) groups is 12. The summed E-state index contributed by atoms with van der Waals surface area (Å²) >= 11 is 0. The normalized spacial score (nSPS) is 22.9. The molecule has 1 saturated heterocycles. The van der Waals surface area contributed by atoms with Gasteiger partial charge in [-0.15, -0.1) is 0 Å². The molecule has 0 bridgehead atoms. The first kappa shape index (κ1) is 75.7. The van der Waals surface area contributed by atoms with Crippen LogP contribution in [0.5, 0.6) is 0 Å². The molecule has 31 nitrogen and oxygen atoms in total. The van der Waals surface area contributed by atoms with Gasteiger partial charge in [0.25, 0.3) is 0 Å². The van der Waals surface area contributed by atoms with Crippen LogP contribution in [0.1, 0.15) is 112 Å². The van der Waals surface area contributed by atoms with E-state index in [1.54, 1.807) is 51.1 Å². The molecular weight excluding hydrogens is 1140 g/mol. The molecule has 0 spiro atoms. The van der Waals surface area contributed by atoms with E-state index in [-0.39, 0.29) is 90.0 Å². The lowest BCUT2D eigenvalue weighted by molar-refractivity contribution is -0.154. The van der Waals surface area contributed by atoms with E-state index in [4.69, 9.17) is 33.4 Å². The van der Waals surface area contributed by atoms with Crippen molar-refractivity contribution < 1.29 is 72.5 Å². The van der Waals surface area contributed by atoms with Gasteiger partial charge in [0, 0.05) is 19.4 Å². The van der Waals surface area contributed by atoms with E-state index in [1.165, 1.54) is 13.8 Å². The van der Waals surface area contributed by atoms with Gasteiger partial charge in [-0.05, 0) is 116 Å². The molecule has 4 unspecified atom stereocenters. The van der Waals surface area contributed by atoms with Crippen molar-refractivity contribution >= 4 is 70.9 Å². The highest BCUT2D eigenvalue weighted by Crippen LogP contribution is 2.13. The van der Waals surface area contributed by atoms with Gasteiger partial charge in [0.05, 0.1) is 24.2 Å². The highest BCUT2D eigenvalue weighted by Gasteiger charge is 2.38. The lowest BCUT2D eigenvalue weighted by Crippen LogP contribution is -2.62. The van der Waals surface area contributed by atoms with Crippen LogP contribution in [0, 0.1) is 11.8 Å². The van der Waals surface area contributed by atoms with Crippen molar-refractivity contribution in [2.45, 2.75) is 191 Å². The first-order chi connectivity index (χ1) is 41.1. The van der Waals surface area contributed by atoms with Crippen molar-refractivity contribution in [3.05, 3.63) is 35.9 Å². The molecule has 87 heavy (non-hydrogen) atoms. The van der Waals surface area contributed by atoms with Gasteiger partial charge >= 0.3 is 5.97 Å². The van der Waals surface area contributed by atoms with Gasteiger partial charge in [-0.2, -0.15) is 0 Å². The average molecular weight is 1230 g/mol. The SMILES string of the molecule is CCC(C)OC(=O)C(C)CC(=O)N[C@@H](CCN)C(=O)N[C@H](C(=O)N[C@@H](CCN)C(=O)N[C@H]1CCNC(=O)[C@H](C(C)O)NC(=O)[C@H](CCN)NC(=O)[C@H](CCN)NC(=O)[C@H](CC(C)C)NC(=O)[C@@H](Cc2ccccc2)NC(=O)[C@H](CCN)NC1=O)C(C)O. The maximum Gasteiger partial charge on any atom is 0.309 e. The Morgan fingerprint density at radius 1 is 0.586 bits per heavy atom. The summed E-state index contributed by atoms with van der Waals surface area (Å²) in [5, 5.41) is 49.3. The van der Waals surface area contributed by atoms with Crippen molar-refractivity contribution in [3.8, 4) is 0 Å². The summed E-state index contributed by atoms with van der Waals surface area (Å²) in [7, 11) is 0. The molecule has 1 fully saturated rings. The third-order valence-corrected chi connectivity index (χ3v) is 14.0. The number of nitrogens with one attached hydrogen (secondary N) is 11. The monoisotopic (exact) mass is 1230 g/mol.